The van der Waals surface area contributed by atoms with Gasteiger partial charge in [0.05, 0.1) is 18.1 Å². The fraction of sp³-hybridized carbons (Fsp3) is 0.389. The number of imide groups is 1. The Hall–Kier alpha value is -1.94. The number of halogens is 1. The van der Waals surface area contributed by atoms with Crippen LogP contribution in [0.15, 0.2) is 41.5 Å². The van der Waals surface area contributed by atoms with Crippen molar-refractivity contribution in [2.45, 2.75) is 12.8 Å². The van der Waals surface area contributed by atoms with E-state index in [1.165, 1.54) is 0 Å². The van der Waals surface area contributed by atoms with E-state index in [-0.39, 0.29) is 40.9 Å². The summed E-state index contributed by atoms with van der Waals surface area (Å²) in [5.74, 6) is -0.166. The summed E-state index contributed by atoms with van der Waals surface area (Å²) in [6.07, 6.45) is 8.18. The molecule has 3 fully saturated rings. The number of nitrogens with zero attached hydrogens (tertiary/aromatic N) is 2. The Bertz CT molecular complexity index is 745. The predicted molar refractivity (Wildman–Crippen MR) is 85.7 cm³/mol. The van der Waals surface area contributed by atoms with E-state index in [9.17, 15) is 9.59 Å². The van der Waals surface area contributed by atoms with Crippen LogP contribution in [0.3, 0.4) is 0 Å². The van der Waals surface area contributed by atoms with Gasteiger partial charge in [-0.3, -0.25) is 9.59 Å². The van der Waals surface area contributed by atoms with Crippen molar-refractivity contribution >= 4 is 29.6 Å². The Morgan fingerprint density at radius 1 is 1.04 bits per heavy atom. The number of rotatable bonds is 2. The summed E-state index contributed by atoms with van der Waals surface area (Å²) in [5.41, 5.74) is 1.04. The SMILES string of the molecule is O=C1C2C(C(=O)N1/N=C\c1ccc(Cl)cc1)C1C=CC2C12CC2. The fourth-order valence-electron chi connectivity index (χ4n) is 4.85. The van der Waals surface area contributed by atoms with Crippen LogP contribution in [0.2, 0.25) is 5.02 Å². The van der Waals surface area contributed by atoms with Gasteiger partial charge in [0.2, 0.25) is 0 Å². The second-order valence-electron chi connectivity index (χ2n) is 7.01. The van der Waals surface area contributed by atoms with Gasteiger partial charge in [-0.15, -0.1) is 0 Å². The maximum absolute atomic E-state index is 12.7. The first-order valence-electron chi connectivity index (χ1n) is 7.97. The predicted octanol–water partition coefficient (Wildman–Crippen LogP) is 2.87. The molecule has 2 bridgehead atoms. The Labute approximate surface area is 138 Å². The molecule has 1 heterocycles. The first-order valence-corrected chi connectivity index (χ1v) is 8.35. The quantitative estimate of drug-likeness (QED) is 0.476. The number of amides is 2. The third-order valence-electron chi connectivity index (χ3n) is 6.02. The van der Waals surface area contributed by atoms with E-state index in [0.717, 1.165) is 23.4 Å². The van der Waals surface area contributed by atoms with Gasteiger partial charge in [-0.25, -0.2) is 0 Å². The lowest BCUT2D eigenvalue weighted by molar-refractivity contribution is -0.141. The lowest BCUT2D eigenvalue weighted by Crippen LogP contribution is -2.30. The van der Waals surface area contributed by atoms with Gasteiger partial charge in [0.1, 0.15) is 0 Å². The largest absolute Gasteiger partial charge is 0.272 e. The number of allylic oxidation sites excluding steroid dienone is 2. The van der Waals surface area contributed by atoms with Gasteiger partial charge in [-0.2, -0.15) is 10.1 Å². The zero-order valence-electron chi connectivity index (χ0n) is 12.4. The lowest BCUT2D eigenvalue weighted by atomic mass is 9.85. The number of carbonyl (C=O) groups is 2. The molecule has 2 saturated carbocycles. The molecule has 4 nitrogen and oxygen atoms in total. The molecule has 3 aliphatic carbocycles. The maximum Gasteiger partial charge on any atom is 0.254 e. The third kappa shape index (κ3) is 1.65. The van der Waals surface area contributed by atoms with Crippen LogP contribution >= 0.6 is 11.6 Å². The molecule has 1 aromatic rings. The highest BCUT2D eigenvalue weighted by Gasteiger charge is 2.73. The smallest absolute Gasteiger partial charge is 0.254 e. The van der Waals surface area contributed by atoms with Crippen LogP contribution in [0.25, 0.3) is 0 Å². The van der Waals surface area contributed by atoms with Crippen molar-refractivity contribution in [2.24, 2.45) is 34.2 Å². The maximum atomic E-state index is 12.7. The van der Waals surface area contributed by atoms with Crippen LogP contribution in [-0.2, 0) is 9.59 Å². The van der Waals surface area contributed by atoms with E-state index in [1.807, 2.05) is 12.1 Å². The van der Waals surface area contributed by atoms with Gasteiger partial charge < -0.3 is 0 Å². The average molecular weight is 327 g/mol. The summed E-state index contributed by atoms with van der Waals surface area (Å²) in [4.78, 5) is 25.4. The van der Waals surface area contributed by atoms with Crippen molar-refractivity contribution in [3.63, 3.8) is 0 Å². The third-order valence-corrected chi connectivity index (χ3v) is 6.27. The molecule has 2 amide bonds. The van der Waals surface area contributed by atoms with Gasteiger partial charge in [0.15, 0.2) is 0 Å². The highest BCUT2D eigenvalue weighted by Crippen LogP contribution is 2.73. The number of benzene rings is 1. The van der Waals surface area contributed by atoms with Crippen molar-refractivity contribution in [3.8, 4) is 0 Å². The van der Waals surface area contributed by atoms with Gasteiger partial charge in [-0.1, -0.05) is 35.9 Å². The van der Waals surface area contributed by atoms with Crippen molar-refractivity contribution in [1.29, 1.82) is 0 Å². The van der Waals surface area contributed by atoms with E-state index in [1.54, 1.807) is 18.3 Å². The zero-order chi connectivity index (χ0) is 15.8. The van der Waals surface area contributed by atoms with Crippen LogP contribution in [0.4, 0.5) is 0 Å². The monoisotopic (exact) mass is 326 g/mol. The van der Waals surface area contributed by atoms with Gasteiger partial charge >= 0.3 is 0 Å². The summed E-state index contributed by atoms with van der Waals surface area (Å²) in [6.45, 7) is 0. The molecular weight excluding hydrogens is 312 g/mol. The van der Waals surface area contributed by atoms with Crippen LogP contribution in [0.1, 0.15) is 18.4 Å². The number of hydrogen-bond acceptors (Lipinski definition) is 3. The van der Waals surface area contributed by atoms with Gasteiger partial charge in [0.25, 0.3) is 11.8 Å². The number of hydrogen-bond donors (Lipinski definition) is 0. The molecule has 1 aromatic carbocycles. The Balaban J connectivity index is 1.43. The Morgan fingerprint density at radius 3 is 2.13 bits per heavy atom. The Kier molecular flexibility index (Phi) is 2.54. The Morgan fingerprint density at radius 2 is 1.61 bits per heavy atom. The summed E-state index contributed by atoms with van der Waals surface area (Å²) >= 11 is 5.85. The van der Waals surface area contributed by atoms with Crippen LogP contribution in [0, 0.1) is 29.1 Å². The normalized spacial score (nSPS) is 35.8. The van der Waals surface area contributed by atoms with Crippen LogP contribution in [0.5, 0.6) is 0 Å². The molecule has 4 aliphatic rings. The van der Waals surface area contributed by atoms with Crippen molar-refractivity contribution in [3.05, 3.63) is 47.0 Å². The number of hydrazone groups is 1. The first-order chi connectivity index (χ1) is 11.1. The van der Waals surface area contributed by atoms with E-state index in [4.69, 9.17) is 11.6 Å². The van der Waals surface area contributed by atoms with Crippen molar-refractivity contribution in [2.75, 3.05) is 0 Å². The highest BCUT2D eigenvalue weighted by atomic mass is 35.5. The second kappa shape index (κ2) is 4.32. The van der Waals surface area contributed by atoms with E-state index < -0.39 is 0 Å². The molecule has 1 saturated heterocycles. The molecule has 1 spiro atoms. The highest BCUT2D eigenvalue weighted by molar-refractivity contribution is 6.30. The zero-order valence-corrected chi connectivity index (χ0v) is 13.1. The molecule has 0 radical (unpaired) electrons. The minimum Gasteiger partial charge on any atom is -0.272 e. The molecule has 0 N–H and O–H groups in total. The minimum atomic E-state index is -0.192. The van der Waals surface area contributed by atoms with Crippen molar-refractivity contribution in [1.82, 2.24) is 5.01 Å². The summed E-state index contributed by atoms with van der Waals surface area (Å²) in [7, 11) is 0. The van der Waals surface area contributed by atoms with E-state index in [0.29, 0.717) is 5.02 Å². The van der Waals surface area contributed by atoms with Gasteiger partial charge in [0, 0.05) is 5.02 Å². The molecule has 23 heavy (non-hydrogen) atoms. The average Bonchev–Trinajstić information content (AvgIpc) is 3.15. The number of carbonyl (C=O) groups excluding carboxylic acids is 2. The molecule has 116 valence electrons. The second-order valence-corrected chi connectivity index (χ2v) is 7.44. The molecule has 0 aromatic heterocycles. The molecule has 1 aliphatic heterocycles. The van der Waals surface area contributed by atoms with Crippen LogP contribution < -0.4 is 0 Å². The van der Waals surface area contributed by atoms with Crippen LogP contribution in [-0.4, -0.2) is 23.0 Å². The summed E-state index contributed by atoms with van der Waals surface area (Å²) < 4.78 is 0. The molecular formula is C18H15ClN2O2. The van der Waals surface area contributed by atoms with Gasteiger partial charge in [-0.05, 0) is 47.8 Å². The molecule has 4 unspecified atom stereocenters. The van der Waals surface area contributed by atoms with Crippen molar-refractivity contribution < 1.29 is 9.59 Å². The first kappa shape index (κ1) is 13.5. The standard InChI is InChI=1S/C18H15ClN2O2/c19-11-3-1-10(2-4-11)9-20-21-16(22)14-12-5-6-13(15(14)17(21)23)18(12)7-8-18/h1-6,9,12-15H,7-8H2/b20-9-. The van der Waals surface area contributed by atoms with E-state index in [2.05, 4.69) is 17.3 Å². The summed E-state index contributed by atoms with van der Waals surface area (Å²) in [6, 6.07) is 7.13. The minimum absolute atomic E-state index is 0.131. The topological polar surface area (TPSA) is 49.7 Å². The summed E-state index contributed by atoms with van der Waals surface area (Å²) in [5, 5.41) is 5.90. The van der Waals surface area contributed by atoms with E-state index >= 15 is 0 Å². The lowest BCUT2D eigenvalue weighted by Gasteiger charge is -2.18. The number of fused-ring (bicyclic) bond motifs is 3. The molecule has 5 rings (SSSR count). The molecule has 4 atom stereocenters. The molecule has 5 heteroatoms. The fourth-order valence-corrected chi connectivity index (χ4v) is 4.98.